The Morgan fingerprint density at radius 3 is 2.36 bits per heavy atom. The van der Waals surface area contributed by atoms with Gasteiger partial charge in [-0.3, -0.25) is 4.79 Å². The molecule has 0 saturated carbocycles. The van der Waals surface area contributed by atoms with Crippen LogP contribution < -0.4 is 20.5 Å². The van der Waals surface area contributed by atoms with Crippen LogP contribution in [0.15, 0.2) is 59.8 Å². The van der Waals surface area contributed by atoms with Crippen LogP contribution in [0.1, 0.15) is 40.0 Å². The number of hydrogen-bond acceptors (Lipinski definition) is 9. The summed E-state index contributed by atoms with van der Waals surface area (Å²) in [7, 11) is -3.35. The van der Waals surface area contributed by atoms with E-state index in [1.54, 1.807) is 38.5 Å². The minimum atomic E-state index is -3.35. The highest BCUT2D eigenvalue weighted by atomic mass is 32.2. The molecule has 1 atom stereocenters. The largest absolute Gasteiger partial charge is 0.484 e. The third kappa shape index (κ3) is 6.93. The minimum Gasteiger partial charge on any atom is -0.484 e. The van der Waals surface area contributed by atoms with Gasteiger partial charge in [-0.05, 0) is 38.5 Å². The van der Waals surface area contributed by atoms with Crippen LogP contribution in [0.4, 0.5) is 11.6 Å². The molecule has 1 aromatic carbocycles. The van der Waals surface area contributed by atoms with Crippen molar-refractivity contribution >= 4 is 21.7 Å². The molecule has 0 bridgehead atoms. The first kappa shape index (κ1) is 28.5. The number of aromatic nitrogens is 4. The summed E-state index contributed by atoms with van der Waals surface area (Å²) >= 11 is 0. The molecule has 1 fully saturated rings. The van der Waals surface area contributed by atoms with Crippen LogP contribution in [-0.4, -0.2) is 76.5 Å². The van der Waals surface area contributed by atoms with Gasteiger partial charge in [0.15, 0.2) is 0 Å². The summed E-state index contributed by atoms with van der Waals surface area (Å²) in [5.74, 6) is 0.688. The zero-order valence-electron chi connectivity index (χ0n) is 22.7. The Labute approximate surface area is 229 Å². The average Bonchev–Trinajstić information content (AvgIpc) is 2.96. The zero-order chi connectivity index (χ0) is 27.8. The van der Waals surface area contributed by atoms with Crippen molar-refractivity contribution in [3.8, 4) is 11.4 Å². The summed E-state index contributed by atoms with van der Waals surface area (Å²) in [6.45, 7) is 7.22. The lowest BCUT2D eigenvalue weighted by atomic mass is 10.1. The van der Waals surface area contributed by atoms with E-state index in [2.05, 4.69) is 27.3 Å². The number of piperazine rings is 1. The Bertz CT molecular complexity index is 1360. The second-order valence-electron chi connectivity index (χ2n) is 9.76. The highest BCUT2D eigenvalue weighted by Crippen LogP contribution is 2.27. The van der Waals surface area contributed by atoms with Crippen molar-refractivity contribution in [2.75, 3.05) is 43.0 Å². The molecule has 2 aromatic heterocycles. The summed E-state index contributed by atoms with van der Waals surface area (Å²) in [6.07, 6.45) is 7.77. The number of benzene rings is 1. The van der Waals surface area contributed by atoms with E-state index in [9.17, 15) is 13.2 Å². The third-order valence-electron chi connectivity index (χ3n) is 6.68. The van der Waals surface area contributed by atoms with Crippen LogP contribution in [-0.2, 0) is 10.0 Å². The molecular weight excluding hydrogens is 518 g/mol. The molecule has 12 heteroatoms. The summed E-state index contributed by atoms with van der Waals surface area (Å²) < 4.78 is 34.5. The van der Waals surface area contributed by atoms with Crippen LogP contribution in [0.5, 0.6) is 5.75 Å². The molecule has 1 saturated heterocycles. The molecule has 0 aliphatic carbocycles. The summed E-state index contributed by atoms with van der Waals surface area (Å²) in [5.41, 5.74) is 0.810. The van der Waals surface area contributed by atoms with Gasteiger partial charge in [0.2, 0.25) is 21.7 Å². The summed E-state index contributed by atoms with van der Waals surface area (Å²) in [6, 6.07) is 10.8. The van der Waals surface area contributed by atoms with Gasteiger partial charge in [-0.2, -0.15) is 14.1 Å². The number of anilines is 2. The van der Waals surface area contributed by atoms with Gasteiger partial charge in [-0.15, -0.1) is 0 Å². The predicted octanol–water partition coefficient (Wildman–Crippen LogP) is 2.93. The van der Waals surface area contributed by atoms with Gasteiger partial charge in [0.25, 0.3) is 0 Å². The van der Waals surface area contributed by atoms with Crippen molar-refractivity contribution < 1.29 is 13.2 Å². The molecule has 0 spiro atoms. The van der Waals surface area contributed by atoms with Gasteiger partial charge >= 0.3 is 5.56 Å². The highest BCUT2D eigenvalue weighted by Gasteiger charge is 2.31. The molecule has 1 aliphatic rings. The quantitative estimate of drug-likeness (QED) is 0.359. The fourth-order valence-electron chi connectivity index (χ4n) is 4.41. The minimum absolute atomic E-state index is 0.119. The molecule has 1 aliphatic heterocycles. The first-order valence-electron chi connectivity index (χ1n) is 13.4. The van der Waals surface area contributed by atoms with Crippen molar-refractivity contribution in [1.29, 1.82) is 0 Å². The first-order chi connectivity index (χ1) is 18.8. The molecule has 3 aromatic rings. The van der Waals surface area contributed by atoms with Gasteiger partial charge in [0.05, 0.1) is 23.2 Å². The Morgan fingerprint density at radius 2 is 1.72 bits per heavy atom. The van der Waals surface area contributed by atoms with Crippen LogP contribution in [0, 0.1) is 0 Å². The molecule has 1 N–H and O–H groups in total. The van der Waals surface area contributed by atoms with Gasteiger partial charge in [-0.1, -0.05) is 38.0 Å². The fraction of sp³-hybridized carbons (Fsp3) is 0.481. The SMILES string of the molecule is CCCCC(COc1c(N2CCN(S(=O)(=O)C(C)C)CC2)cnn(-c2ccccc2)c1=O)Nc1ncccn1. The van der Waals surface area contributed by atoms with E-state index in [0.717, 1.165) is 19.3 Å². The number of sulfonamides is 1. The lowest BCUT2D eigenvalue weighted by Gasteiger charge is -2.36. The van der Waals surface area contributed by atoms with E-state index in [4.69, 9.17) is 4.74 Å². The Balaban J connectivity index is 1.61. The number of para-hydroxylation sites is 1. The number of rotatable bonds is 12. The van der Waals surface area contributed by atoms with E-state index < -0.39 is 15.3 Å². The first-order valence-corrected chi connectivity index (χ1v) is 14.9. The average molecular weight is 556 g/mol. The van der Waals surface area contributed by atoms with E-state index in [-0.39, 0.29) is 24.0 Å². The summed E-state index contributed by atoms with van der Waals surface area (Å²) in [5, 5.41) is 7.28. The van der Waals surface area contributed by atoms with E-state index in [1.165, 1.54) is 8.99 Å². The fourth-order valence-corrected chi connectivity index (χ4v) is 5.68. The Hall–Kier alpha value is -3.51. The molecule has 39 heavy (non-hydrogen) atoms. The maximum Gasteiger partial charge on any atom is 0.316 e. The maximum atomic E-state index is 13.7. The molecule has 0 amide bonds. The number of nitrogens with one attached hydrogen (secondary N) is 1. The molecule has 3 heterocycles. The van der Waals surface area contributed by atoms with E-state index in [1.807, 2.05) is 35.2 Å². The molecule has 4 rings (SSSR count). The lowest BCUT2D eigenvalue weighted by Crippen LogP contribution is -2.50. The van der Waals surface area contributed by atoms with Crippen molar-refractivity contribution in [2.24, 2.45) is 0 Å². The normalized spacial score (nSPS) is 15.3. The van der Waals surface area contributed by atoms with Crippen molar-refractivity contribution in [3.05, 3.63) is 65.3 Å². The van der Waals surface area contributed by atoms with Crippen LogP contribution >= 0.6 is 0 Å². The Kier molecular flexibility index (Phi) is 9.52. The smallest absolute Gasteiger partial charge is 0.316 e. The van der Waals surface area contributed by atoms with Crippen LogP contribution in [0.3, 0.4) is 0 Å². The van der Waals surface area contributed by atoms with Gasteiger partial charge < -0.3 is 15.0 Å². The van der Waals surface area contributed by atoms with Gasteiger partial charge in [0.1, 0.15) is 12.3 Å². The second kappa shape index (κ2) is 13.0. The van der Waals surface area contributed by atoms with Crippen molar-refractivity contribution in [2.45, 2.75) is 51.3 Å². The highest BCUT2D eigenvalue weighted by molar-refractivity contribution is 7.89. The molecule has 0 radical (unpaired) electrons. The van der Waals surface area contributed by atoms with Crippen molar-refractivity contribution in [1.82, 2.24) is 24.1 Å². The molecule has 1 unspecified atom stereocenters. The van der Waals surface area contributed by atoms with Gasteiger partial charge in [0, 0.05) is 38.6 Å². The molecule has 11 nitrogen and oxygen atoms in total. The lowest BCUT2D eigenvalue weighted by molar-refractivity contribution is 0.282. The number of hydrogen-bond donors (Lipinski definition) is 1. The standard InChI is InChI=1S/C27H37N7O4S/c1-4-5-10-22(31-27-28-13-9-14-29-27)20-38-25-24(19-30-34(26(25)35)23-11-7-6-8-12-23)32-15-17-33(18-16-32)39(36,37)21(2)3/h6-9,11-14,19,21-22H,4-5,10,15-18,20H2,1-3H3,(H,28,29,31). The van der Waals surface area contributed by atoms with Crippen molar-refractivity contribution in [3.63, 3.8) is 0 Å². The molecule has 210 valence electrons. The van der Waals surface area contributed by atoms with Gasteiger partial charge in [-0.25, -0.2) is 18.4 Å². The number of ether oxygens (including phenoxy) is 1. The van der Waals surface area contributed by atoms with Crippen LogP contribution in [0.25, 0.3) is 5.69 Å². The molecular formula is C27H37N7O4S. The zero-order valence-corrected chi connectivity index (χ0v) is 23.5. The summed E-state index contributed by atoms with van der Waals surface area (Å²) in [4.78, 5) is 24.2. The topological polar surface area (TPSA) is 123 Å². The van der Waals surface area contributed by atoms with E-state index in [0.29, 0.717) is 43.5 Å². The monoisotopic (exact) mass is 555 g/mol. The Morgan fingerprint density at radius 1 is 1.03 bits per heavy atom. The van der Waals surface area contributed by atoms with Crippen LogP contribution in [0.2, 0.25) is 0 Å². The third-order valence-corrected chi connectivity index (χ3v) is 8.96. The van der Waals surface area contributed by atoms with E-state index >= 15 is 0 Å². The second-order valence-corrected chi connectivity index (χ2v) is 12.2. The number of unbranched alkanes of at least 4 members (excludes halogenated alkanes) is 1. The maximum absolute atomic E-state index is 13.7. The predicted molar refractivity (Wildman–Crippen MR) is 152 cm³/mol. The number of nitrogens with zero attached hydrogens (tertiary/aromatic N) is 6.